The molecule has 0 bridgehead atoms. The highest BCUT2D eigenvalue weighted by molar-refractivity contribution is 7.22. The van der Waals surface area contributed by atoms with Crippen molar-refractivity contribution in [3.63, 3.8) is 0 Å². The monoisotopic (exact) mass is 327 g/mol. The first-order chi connectivity index (χ1) is 11.3. The molecule has 23 heavy (non-hydrogen) atoms. The molecule has 6 nitrogen and oxygen atoms in total. The Hall–Kier alpha value is -2.25. The van der Waals surface area contributed by atoms with Crippen LogP contribution in [0.2, 0.25) is 0 Å². The van der Waals surface area contributed by atoms with Gasteiger partial charge in [0.15, 0.2) is 11.0 Å². The first kappa shape index (κ1) is 14.3. The van der Waals surface area contributed by atoms with Gasteiger partial charge in [0.25, 0.3) is 0 Å². The zero-order valence-corrected chi connectivity index (χ0v) is 13.4. The van der Waals surface area contributed by atoms with Gasteiger partial charge in [-0.1, -0.05) is 23.5 Å². The molecule has 118 valence electrons. The number of aromatic nitrogens is 3. The molecule has 0 aliphatic carbocycles. The zero-order valence-electron chi connectivity index (χ0n) is 12.6. The number of benzene rings is 1. The summed E-state index contributed by atoms with van der Waals surface area (Å²) in [6.07, 6.45) is 1.70. The van der Waals surface area contributed by atoms with Crippen molar-refractivity contribution in [2.45, 2.75) is 6.61 Å². The lowest BCUT2D eigenvalue weighted by Crippen LogP contribution is -2.46. The molecule has 0 unspecified atom stereocenters. The lowest BCUT2D eigenvalue weighted by Gasteiger charge is -2.35. The van der Waals surface area contributed by atoms with Gasteiger partial charge in [-0.3, -0.25) is 0 Å². The van der Waals surface area contributed by atoms with Crippen LogP contribution in [0.3, 0.4) is 0 Å². The zero-order chi connectivity index (χ0) is 15.6. The summed E-state index contributed by atoms with van der Waals surface area (Å²) < 4.78 is 1.23. The number of para-hydroxylation sites is 1. The maximum Gasteiger partial charge on any atom is 0.186 e. The van der Waals surface area contributed by atoms with E-state index in [4.69, 9.17) is 10.1 Å². The van der Waals surface area contributed by atoms with Gasteiger partial charge < -0.3 is 14.9 Å². The maximum atomic E-state index is 9.16. The second-order valence-electron chi connectivity index (χ2n) is 5.43. The third-order valence-electron chi connectivity index (χ3n) is 3.99. The van der Waals surface area contributed by atoms with Gasteiger partial charge in [0.05, 0.1) is 10.2 Å². The lowest BCUT2D eigenvalue weighted by atomic mass is 10.3. The standard InChI is InChI=1S/C16H17N5OS/c22-11-14-17-6-5-15(19-14)20-7-9-21(10-8-20)16-18-12-3-1-2-4-13(12)23-16/h1-6,22H,7-11H2. The summed E-state index contributed by atoms with van der Waals surface area (Å²) in [5, 5.41) is 10.2. The largest absolute Gasteiger partial charge is 0.388 e. The fourth-order valence-corrected chi connectivity index (χ4v) is 3.78. The highest BCUT2D eigenvalue weighted by Gasteiger charge is 2.20. The van der Waals surface area contributed by atoms with Crippen LogP contribution in [-0.2, 0) is 6.61 Å². The summed E-state index contributed by atoms with van der Waals surface area (Å²) in [6, 6.07) is 10.1. The van der Waals surface area contributed by atoms with E-state index in [0.29, 0.717) is 5.82 Å². The molecule has 1 aliphatic heterocycles. The molecule has 0 amide bonds. The van der Waals surface area contributed by atoms with E-state index in [0.717, 1.165) is 42.6 Å². The molecule has 3 aromatic rings. The molecule has 1 aliphatic rings. The first-order valence-electron chi connectivity index (χ1n) is 7.62. The Morgan fingerprint density at radius 1 is 1.00 bits per heavy atom. The van der Waals surface area contributed by atoms with Gasteiger partial charge in [-0.2, -0.15) is 0 Å². The number of aliphatic hydroxyl groups is 1. The number of anilines is 2. The van der Waals surface area contributed by atoms with Crippen molar-refractivity contribution >= 4 is 32.5 Å². The Morgan fingerprint density at radius 2 is 1.78 bits per heavy atom. The number of hydrogen-bond donors (Lipinski definition) is 1. The minimum atomic E-state index is -0.125. The average Bonchev–Trinajstić information content (AvgIpc) is 3.06. The predicted molar refractivity (Wildman–Crippen MR) is 92.0 cm³/mol. The highest BCUT2D eigenvalue weighted by Crippen LogP contribution is 2.29. The molecule has 0 saturated carbocycles. The van der Waals surface area contributed by atoms with E-state index in [1.54, 1.807) is 17.5 Å². The van der Waals surface area contributed by atoms with E-state index in [9.17, 15) is 0 Å². The van der Waals surface area contributed by atoms with E-state index in [-0.39, 0.29) is 6.61 Å². The van der Waals surface area contributed by atoms with Crippen LogP contribution in [0.25, 0.3) is 10.2 Å². The van der Waals surface area contributed by atoms with Crippen LogP contribution in [0, 0.1) is 0 Å². The van der Waals surface area contributed by atoms with Gasteiger partial charge in [0, 0.05) is 32.4 Å². The van der Waals surface area contributed by atoms with Gasteiger partial charge in [-0.15, -0.1) is 0 Å². The van der Waals surface area contributed by atoms with Crippen molar-refractivity contribution < 1.29 is 5.11 Å². The van der Waals surface area contributed by atoms with E-state index in [1.807, 2.05) is 12.1 Å². The topological polar surface area (TPSA) is 65.4 Å². The number of hydrogen-bond acceptors (Lipinski definition) is 7. The van der Waals surface area contributed by atoms with Crippen LogP contribution >= 0.6 is 11.3 Å². The van der Waals surface area contributed by atoms with Crippen molar-refractivity contribution in [1.82, 2.24) is 15.0 Å². The van der Waals surface area contributed by atoms with Crippen molar-refractivity contribution in [1.29, 1.82) is 0 Å². The van der Waals surface area contributed by atoms with Crippen molar-refractivity contribution in [3.05, 3.63) is 42.4 Å². The van der Waals surface area contributed by atoms with Gasteiger partial charge in [-0.05, 0) is 18.2 Å². The number of aliphatic hydroxyl groups excluding tert-OH is 1. The molecular weight excluding hydrogens is 310 g/mol. The quantitative estimate of drug-likeness (QED) is 0.793. The van der Waals surface area contributed by atoms with E-state index in [2.05, 4.69) is 38.0 Å². The van der Waals surface area contributed by atoms with Crippen LogP contribution in [0.15, 0.2) is 36.5 Å². The molecule has 0 atom stereocenters. The Kier molecular flexibility index (Phi) is 3.80. The summed E-state index contributed by atoms with van der Waals surface area (Å²) in [6.45, 7) is 3.48. The van der Waals surface area contributed by atoms with Crippen LogP contribution in [0.5, 0.6) is 0 Å². The maximum absolute atomic E-state index is 9.16. The second kappa shape index (κ2) is 6.10. The van der Waals surface area contributed by atoms with Gasteiger partial charge >= 0.3 is 0 Å². The minimum Gasteiger partial charge on any atom is -0.388 e. The summed E-state index contributed by atoms with van der Waals surface area (Å²) >= 11 is 1.74. The number of nitrogens with zero attached hydrogens (tertiary/aromatic N) is 5. The lowest BCUT2D eigenvalue weighted by molar-refractivity contribution is 0.271. The molecule has 1 saturated heterocycles. The average molecular weight is 327 g/mol. The Morgan fingerprint density at radius 3 is 2.57 bits per heavy atom. The molecule has 3 heterocycles. The van der Waals surface area contributed by atoms with Gasteiger partial charge in [0.2, 0.25) is 0 Å². The van der Waals surface area contributed by atoms with E-state index in [1.165, 1.54) is 4.70 Å². The smallest absolute Gasteiger partial charge is 0.186 e. The number of fused-ring (bicyclic) bond motifs is 1. The SMILES string of the molecule is OCc1nccc(N2CCN(c3nc4ccccc4s3)CC2)n1. The van der Waals surface area contributed by atoms with Crippen LogP contribution in [0.1, 0.15) is 5.82 Å². The Labute approximate surface area is 138 Å². The fourth-order valence-electron chi connectivity index (χ4n) is 2.76. The third-order valence-corrected chi connectivity index (χ3v) is 5.09. The summed E-state index contributed by atoms with van der Waals surface area (Å²) in [5.41, 5.74) is 1.07. The molecule has 0 radical (unpaired) electrons. The summed E-state index contributed by atoms with van der Waals surface area (Å²) in [5.74, 6) is 1.35. The number of piperazine rings is 1. The summed E-state index contributed by atoms with van der Waals surface area (Å²) in [7, 11) is 0. The molecule has 2 aromatic heterocycles. The van der Waals surface area contributed by atoms with Crippen LogP contribution < -0.4 is 9.80 Å². The summed E-state index contributed by atoms with van der Waals surface area (Å²) in [4.78, 5) is 17.7. The van der Waals surface area contributed by atoms with Gasteiger partial charge in [0.1, 0.15) is 12.4 Å². The molecule has 1 fully saturated rings. The first-order valence-corrected chi connectivity index (χ1v) is 8.43. The Balaban J connectivity index is 1.48. The van der Waals surface area contributed by atoms with Gasteiger partial charge in [-0.25, -0.2) is 15.0 Å². The Bertz CT molecular complexity index is 780. The fraction of sp³-hybridized carbons (Fsp3) is 0.312. The van der Waals surface area contributed by atoms with E-state index >= 15 is 0 Å². The van der Waals surface area contributed by atoms with Crippen LogP contribution in [0.4, 0.5) is 10.9 Å². The van der Waals surface area contributed by atoms with Crippen molar-refractivity contribution in [3.8, 4) is 0 Å². The highest BCUT2D eigenvalue weighted by atomic mass is 32.1. The molecule has 1 N–H and O–H groups in total. The molecule has 1 aromatic carbocycles. The number of thiazole rings is 1. The molecule has 7 heteroatoms. The van der Waals surface area contributed by atoms with Crippen LogP contribution in [-0.4, -0.2) is 46.2 Å². The van der Waals surface area contributed by atoms with Crippen molar-refractivity contribution in [2.75, 3.05) is 36.0 Å². The van der Waals surface area contributed by atoms with Crippen molar-refractivity contribution in [2.24, 2.45) is 0 Å². The molecular formula is C16H17N5OS. The third kappa shape index (κ3) is 2.85. The number of rotatable bonds is 3. The normalized spacial score (nSPS) is 15.3. The predicted octanol–water partition coefficient (Wildman–Crippen LogP) is 1.91. The second-order valence-corrected chi connectivity index (χ2v) is 6.44. The molecule has 4 rings (SSSR count). The minimum absolute atomic E-state index is 0.125. The molecule has 0 spiro atoms. The van der Waals surface area contributed by atoms with E-state index < -0.39 is 0 Å².